The molecule has 0 saturated carbocycles. The lowest BCUT2D eigenvalue weighted by Gasteiger charge is -2.34. The van der Waals surface area contributed by atoms with Crippen LogP contribution in [0.4, 0.5) is 51.2 Å². The Hall–Kier alpha value is -11.6. The molecule has 0 aliphatic heterocycles. The van der Waals surface area contributed by atoms with Gasteiger partial charge in [0, 0.05) is 56.6 Å². The second-order valence-electron chi connectivity index (χ2n) is 26.3. The van der Waals surface area contributed by atoms with E-state index in [0.717, 1.165) is 135 Å². The summed E-state index contributed by atoms with van der Waals surface area (Å²) in [4.78, 5) is 49.4. The number of aryl methyl sites for hydroxylation is 12. The fraction of sp³-hybridized carbons (Fsp3) is 0.157. The second-order valence-corrected chi connectivity index (χ2v) is 26.3. The quantitative estimate of drug-likeness (QED) is 0.0473. The number of carbonyl (C=O) groups is 3. The molecule has 0 saturated heterocycles. The average molecular weight is 1290 g/mol. The number of esters is 3. The van der Waals surface area contributed by atoms with Gasteiger partial charge in [-0.2, -0.15) is 0 Å². The van der Waals surface area contributed by atoms with E-state index < -0.39 is 23.3 Å². The van der Waals surface area contributed by atoms with Gasteiger partial charge in [-0.05, 0) is 286 Å². The van der Waals surface area contributed by atoms with Crippen molar-refractivity contribution in [2.75, 3.05) is 14.7 Å². The van der Waals surface area contributed by atoms with E-state index in [-0.39, 0.29) is 0 Å². The van der Waals surface area contributed by atoms with Crippen molar-refractivity contribution >= 4 is 69.1 Å². The summed E-state index contributed by atoms with van der Waals surface area (Å²) in [6.07, 6.45) is 0. The maximum Gasteiger partial charge on any atom is 0.343 e. The van der Waals surface area contributed by atoms with Crippen LogP contribution >= 0.6 is 0 Å². The van der Waals surface area contributed by atoms with Crippen LogP contribution in [0.5, 0.6) is 17.2 Å². The van der Waals surface area contributed by atoms with Gasteiger partial charge in [0.25, 0.3) is 0 Å². The minimum atomic E-state index is -0.891. The molecule has 488 valence electrons. The van der Waals surface area contributed by atoms with Crippen LogP contribution in [0, 0.1) is 83.1 Å². The molecule has 0 fully saturated rings. The van der Waals surface area contributed by atoms with Crippen LogP contribution in [0.1, 0.15) is 121 Å². The van der Waals surface area contributed by atoms with Gasteiger partial charge in [0.1, 0.15) is 17.2 Å². The fourth-order valence-electron chi connectivity index (χ4n) is 12.9. The Bertz CT molecular complexity index is 4200. The van der Waals surface area contributed by atoms with Gasteiger partial charge in [-0.1, -0.05) is 143 Å². The van der Waals surface area contributed by atoms with Gasteiger partial charge in [-0.25, -0.2) is 14.4 Å². The van der Waals surface area contributed by atoms with E-state index in [1.807, 2.05) is 114 Å². The van der Waals surface area contributed by atoms with Gasteiger partial charge in [0.15, 0.2) is 0 Å². The molecule has 0 aromatic heterocycles. The number of hydrogen-bond acceptors (Lipinski definition) is 9. The van der Waals surface area contributed by atoms with Crippen LogP contribution < -0.4 is 28.9 Å². The number of hydrogen-bond donors (Lipinski definition) is 0. The number of ether oxygens (including phenoxy) is 3. The smallest absolute Gasteiger partial charge is 0.343 e. The van der Waals surface area contributed by atoms with E-state index in [9.17, 15) is 14.4 Å². The third kappa shape index (κ3) is 14.1. The summed E-state index contributed by atoms with van der Waals surface area (Å²) in [5, 5.41) is 0. The van der Waals surface area contributed by atoms with Crippen LogP contribution in [0.15, 0.2) is 255 Å². The average Bonchev–Trinajstić information content (AvgIpc) is 0.739. The summed E-state index contributed by atoms with van der Waals surface area (Å²) in [6.45, 7) is 26.4. The minimum absolute atomic E-state index is 0.410. The zero-order valence-electron chi connectivity index (χ0n) is 58.0. The summed E-state index contributed by atoms with van der Waals surface area (Å²) >= 11 is 0. The van der Waals surface area contributed by atoms with Gasteiger partial charge in [0.05, 0.1) is 16.7 Å². The first-order valence-electron chi connectivity index (χ1n) is 33.2. The molecule has 12 aromatic rings. The van der Waals surface area contributed by atoms with Crippen LogP contribution in [0.25, 0.3) is 0 Å². The van der Waals surface area contributed by atoms with Crippen LogP contribution in [0.3, 0.4) is 0 Å². The van der Waals surface area contributed by atoms with Gasteiger partial charge in [-0.15, -0.1) is 0 Å². The van der Waals surface area contributed by atoms with E-state index in [0.29, 0.717) is 33.9 Å². The Morgan fingerprint density at radius 1 is 0.235 bits per heavy atom. The first kappa shape index (κ1) is 66.5. The molecular weight excluding hydrogens is 1210 g/mol. The topological polar surface area (TPSA) is 88.6 Å². The van der Waals surface area contributed by atoms with Crippen molar-refractivity contribution in [1.82, 2.24) is 0 Å². The Morgan fingerprint density at radius 2 is 0.378 bits per heavy atom. The second kappa shape index (κ2) is 28.0. The highest BCUT2D eigenvalue weighted by atomic mass is 16.5. The van der Waals surface area contributed by atoms with Crippen molar-refractivity contribution < 1.29 is 28.6 Å². The third-order valence-corrected chi connectivity index (χ3v) is 18.5. The summed E-state index contributed by atoms with van der Waals surface area (Å²) in [7, 11) is 0. The highest BCUT2D eigenvalue weighted by Gasteiger charge is 2.35. The molecule has 0 amide bonds. The highest BCUT2D eigenvalue weighted by Crippen LogP contribution is 2.47. The van der Waals surface area contributed by atoms with Crippen LogP contribution in [0.2, 0.25) is 0 Å². The van der Waals surface area contributed by atoms with E-state index >= 15 is 0 Å². The van der Waals surface area contributed by atoms with E-state index in [1.165, 1.54) is 0 Å². The standard InChI is InChI=1S/C89H81N3O6/c1-56-14-32-74(33-15-56)90(75-34-16-57(2)17-35-75)80-44-26-68(27-45-80)86(93)96-83-62(7)50-71(51-63(83)8)89(13,72-52-64(9)84(65(10)53-72)97-87(94)69-28-46-81(47-29-69)91(76-36-18-58(3)19-37-76)77-38-20-59(4)21-39-77)73-54-66(11)85(67(12)55-73)98-88(95)70-30-48-82(49-31-70)92(78-40-22-60(5)23-41-78)79-42-24-61(6)25-43-79/h14-55H,1-13H3. The molecule has 0 unspecified atom stereocenters. The van der Waals surface area contributed by atoms with E-state index in [1.54, 1.807) is 0 Å². The van der Waals surface area contributed by atoms with Gasteiger partial charge >= 0.3 is 17.9 Å². The molecule has 12 aromatic carbocycles. The van der Waals surface area contributed by atoms with Crippen molar-refractivity contribution in [2.24, 2.45) is 0 Å². The molecule has 9 nitrogen and oxygen atoms in total. The van der Waals surface area contributed by atoms with Crippen molar-refractivity contribution in [3.8, 4) is 17.2 Å². The lowest BCUT2D eigenvalue weighted by molar-refractivity contribution is 0.0723. The Morgan fingerprint density at radius 3 is 0.531 bits per heavy atom. The van der Waals surface area contributed by atoms with Crippen LogP contribution in [-0.2, 0) is 5.41 Å². The molecule has 12 rings (SSSR count). The van der Waals surface area contributed by atoms with Crippen molar-refractivity contribution in [1.29, 1.82) is 0 Å². The van der Waals surface area contributed by atoms with Crippen molar-refractivity contribution in [3.05, 3.63) is 355 Å². The molecule has 0 bridgehead atoms. The fourth-order valence-corrected chi connectivity index (χ4v) is 12.9. The Kier molecular flexibility index (Phi) is 19.0. The summed E-state index contributed by atoms with van der Waals surface area (Å²) in [5.74, 6) is -0.0402. The summed E-state index contributed by atoms with van der Waals surface area (Å²) in [5.41, 5.74) is 23.3. The van der Waals surface area contributed by atoms with E-state index in [2.05, 4.69) is 245 Å². The maximum atomic E-state index is 14.3. The third-order valence-electron chi connectivity index (χ3n) is 18.5. The first-order chi connectivity index (χ1) is 47.1. The molecule has 98 heavy (non-hydrogen) atoms. The number of carbonyl (C=O) groups excluding carboxylic acids is 3. The number of nitrogens with zero attached hydrogens (tertiary/aromatic N) is 3. The molecule has 0 spiro atoms. The van der Waals surface area contributed by atoms with Crippen molar-refractivity contribution in [2.45, 2.75) is 95.4 Å². The summed E-state index contributed by atoms with van der Waals surface area (Å²) in [6, 6.07) is 85.5. The SMILES string of the molecule is Cc1ccc(N(c2ccc(C)cc2)c2ccc(C(=O)Oc3c(C)cc(C(C)(c4cc(C)c(OC(=O)c5ccc(N(c6ccc(C)cc6)c6ccc(C)cc6)cc5)c(C)c4)c4cc(C)c(OC(=O)c5ccc(N(c6ccc(C)cc6)c6ccc(C)cc6)cc5)c(C)c4)cc3C)cc2)cc1. The number of benzene rings is 12. The molecule has 0 heterocycles. The summed E-state index contributed by atoms with van der Waals surface area (Å²) < 4.78 is 19.1. The lowest BCUT2D eigenvalue weighted by Crippen LogP contribution is -2.27. The molecule has 0 aliphatic carbocycles. The monoisotopic (exact) mass is 1290 g/mol. The lowest BCUT2D eigenvalue weighted by atomic mass is 9.69. The number of rotatable bonds is 18. The zero-order valence-corrected chi connectivity index (χ0v) is 58.0. The molecule has 0 aliphatic rings. The largest absolute Gasteiger partial charge is 0.422 e. The normalized spacial score (nSPS) is 11.2. The molecule has 9 heteroatoms. The zero-order chi connectivity index (χ0) is 69.1. The Labute approximate surface area is 576 Å². The number of anilines is 9. The first-order valence-corrected chi connectivity index (χ1v) is 33.2. The molecule has 0 radical (unpaired) electrons. The molecule has 0 N–H and O–H groups in total. The predicted octanol–water partition coefficient (Wildman–Crippen LogP) is 22.8. The van der Waals surface area contributed by atoms with Gasteiger partial charge in [-0.3, -0.25) is 0 Å². The van der Waals surface area contributed by atoms with Crippen LogP contribution in [-0.4, -0.2) is 17.9 Å². The molecule has 0 atom stereocenters. The van der Waals surface area contributed by atoms with E-state index in [4.69, 9.17) is 14.2 Å². The predicted molar refractivity (Wildman–Crippen MR) is 400 cm³/mol. The van der Waals surface area contributed by atoms with Gasteiger partial charge in [0.2, 0.25) is 0 Å². The van der Waals surface area contributed by atoms with Crippen molar-refractivity contribution in [3.63, 3.8) is 0 Å². The highest BCUT2D eigenvalue weighted by molar-refractivity contribution is 5.94. The molecular formula is C89H81N3O6. The Balaban J connectivity index is 0.858. The van der Waals surface area contributed by atoms with Gasteiger partial charge < -0.3 is 28.9 Å². The minimum Gasteiger partial charge on any atom is -0.422 e. The maximum absolute atomic E-state index is 14.3.